The Labute approximate surface area is 158 Å². The van der Waals surface area contributed by atoms with Crippen LogP contribution >= 0.6 is 11.6 Å². The Morgan fingerprint density at radius 1 is 1.12 bits per heavy atom. The average Bonchev–Trinajstić information content (AvgIpc) is 2.61. The van der Waals surface area contributed by atoms with Crippen LogP contribution in [-0.4, -0.2) is 41.3 Å². The van der Waals surface area contributed by atoms with E-state index in [1.54, 1.807) is 6.92 Å². The first kappa shape index (κ1) is 20.4. The molecule has 5 nitrogen and oxygen atoms in total. The maximum Gasteiger partial charge on any atom is 0.334 e. The molecule has 2 unspecified atom stereocenters. The van der Waals surface area contributed by atoms with Crippen molar-refractivity contribution in [3.05, 3.63) is 59.1 Å². The van der Waals surface area contributed by atoms with Gasteiger partial charge < -0.3 is 19.7 Å². The zero-order valence-corrected chi connectivity index (χ0v) is 15.5. The van der Waals surface area contributed by atoms with Crippen LogP contribution in [0.1, 0.15) is 19.4 Å². The summed E-state index contributed by atoms with van der Waals surface area (Å²) in [6.07, 6.45) is -3.28. The molecular weight excluding hydrogens is 356 g/mol. The first-order chi connectivity index (χ1) is 12.4. The lowest BCUT2D eigenvalue weighted by Crippen LogP contribution is -2.37. The molecule has 0 aliphatic rings. The van der Waals surface area contributed by atoms with E-state index in [-0.39, 0.29) is 13.0 Å². The molecule has 26 heavy (non-hydrogen) atoms. The molecule has 0 heterocycles. The fraction of sp³-hybridized carbons (Fsp3) is 0.350. The zero-order chi connectivity index (χ0) is 19.1. The Balaban J connectivity index is 2.06. The molecule has 2 aromatic carbocycles. The van der Waals surface area contributed by atoms with Crippen molar-refractivity contribution in [2.24, 2.45) is 0 Å². The monoisotopic (exact) mass is 378 g/mol. The molecule has 2 N–H and O–H groups in total. The molecule has 0 aliphatic heterocycles. The number of hydrogen-bond acceptors (Lipinski definition) is 5. The number of ether oxygens (including phenoxy) is 2. The van der Waals surface area contributed by atoms with Gasteiger partial charge in [0.15, 0.2) is 12.4 Å². The fourth-order valence-electron chi connectivity index (χ4n) is 2.53. The van der Waals surface area contributed by atoms with Crippen molar-refractivity contribution < 1.29 is 24.5 Å². The maximum atomic E-state index is 11.7. The van der Waals surface area contributed by atoms with Gasteiger partial charge >= 0.3 is 5.97 Å². The topological polar surface area (TPSA) is 76.0 Å². The summed E-state index contributed by atoms with van der Waals surface area (Å²) >= 11 is 6.02. The minimum Gasteiger partial charge on any atom is -0.464 e. The maximum absolute atomic E-state index is 11.7. The van der Waals surface area contributed by atoms with Crippen molar-refractivity contribution in [1.29, 1.82) is 0 Å². The number of benzene rings is 2. The lowest BCUT2D eigenvalue weighted by Gasteiger charge is -2.23. The van der Waals surface area contributed by atoms with Gasteiger partial charge in [-0.1, -0.05) is 48.0 Å². The number of halogens is 1. The lowest BCUT2D eigenvalue weighted by atomic mass is 10.0. The molecule has 0 fully saturated rings. The molecule has 2 rings (SSSR count). The Bertz CT molecular complexity index is 714. The van der Waals surface area contributed by atoms with E-state index in [0.29, 0.717) is 5.02 Å². The van der Waals surface area contributed by atoms with Crippen LogP contribution in [0.2, 0.25) is 5.02 Å². The first-order valence-corrected chi connectivity index (χ1v) is 8.81. The Morgan fingerprint density at radius 2 is 1.81 bits per heavy atom. The number of carbonyl (C=O) groups is 1. The molecule has 0 aromatic heterocycles. The van der Waals surface area contributed by atoms with E-state index in [2.05, 4.69) is 0 Å². The fourth-order valence-corrected chi connectivity index (χ4v) is 2.73. The van der Waals surface area contributed by atoms with Crippen LogP contribution in [0.25, 0.3) is 11.1 Å². The lowest BCUT2D eigenvalue weighted by molar-refractivity contribution is -0.182. The molecule has 0 bridgehead atoms. The average molecular weight is 379 g/mol. The number of rotatable bonds is 8. The summed E-state index contributed by atoms with van der Waals surface area (Å²) in [6, 6.07) is 15.1. The standard InChI is InChI=1S/C20H23ClO5/c1-3-25-20(24)13(2)26-18(19(22)23)11-14-7-9-15(10-8-14)16-5-4-6-17(21)12-16/h4-10,12-13,18-19,22-23H,3,11H2,1-2H3. The van der Waals surface area contributed by atoms with Gasteiger partial charge in [0.05, 0.1) is 6.61 Å². The number of aliphatic hydroxyl groups excluding tert-OH is 1. The highest BCUT2D eigenvalue weighted by Gasteiger charge is 2.25. The van der Waals surface area contributed by atoms with Gasteiger partial charge in [-0.15, -0.1) is 0 Å². The van der Waals surface area contributed by atoms with Gasteiger partial charge in [0.2, 0.25) is 0 Å². The molecule has 2 atom stereocenters. The molecule has 0 aliphatic carbocycles. The molecule has 6 heteroatoms. The third-order valence-corrected chi connectivity index (χ3v) is 4.11. The summed E-state index contributed by atoms with van der Waals surface area (Å²) in [4.78, 5) is 11.7. The van der Waals surface area contributed by atoms with Gasteiger partial charge in [-0.3, -0.25) is 0 Å². The van der Waals surface area contributed by atoms with E-state index in [1.807, 2.05) is 48.5 Å². The van der Waals surface area contributed by atoms with Crippen LogP contribution < -0.4 is 0 Å². The quantitative estimate of drug-likeness (QED) is 0.545. The summed E-state index contributed by atoms with van der Waals surface area (Å²) in [5, 5.41) is 19.8. The molecule has 0 saturated carbocycles. The van der Waals surface area contributed by atoms with E-state index in [1.165, 1.54) is 6.92 Å². The van der Waals surface area contributed by atoms with Crippen LogP contribution in [0.3, 0.4) is 0 Å². The predicted molar refractivity (Wildman–Crippen MR) is 99.8 cm³/mol. The molecule has 140 valence electrons. The summed E-state index contributed by atoms with van der Waals surface area (Å²) in [5.41, 5.74) is 2.85. The normalized spacial score (nSPS) is 13.5. The molecule has 2 aromatic rings. The van der Waals surface area contributed by atoms with Crippen LogP contribution in [0.4, 0.5) is 0 Å². The largest absolute Gasteiger partial charge is 0.464 e. The van der Waals surface area contributed by atoms with E-state index in [0.717, 1.165) is 16.7 Å². The Hall–Kier alpha value is -1.92. The van der Waals surface area contributed by atoms with Crippen molar-refractivity contribution in [1.82, 2.24) is 0 Å². The number of hydrogen-bond donors (Lipinski definition) is 2. The van der Waals surface area contributed by atoms with Crippen LogP contribution in [0.5, 0.6) is 0 Å². The van der Waals surface area contributed by atoms with Crippen molar-refractivity contribution in [2.75, 3.05) is 6.61 Å². The minimum atomic E-state index is -1.71. The van der Waals surface area contributed by atoms with E-state index >= 15 is 0 Å². The van der Waals surface area contributed by atoms with Crippen molar-refractivity contribution in [2.45, 2.75) is 38.8 Å². The van der Waals surface area contributed by atoms with E-state index < -0.39 is 24.5 Å². The number of esters is 1. The van der Waals surface area contributed by atoms with Gasteiger partial charge in [-0.05, 0) is 42.7 Å². The van der Waals surface area contributed by atoms with Crippen molar-refractivity contribution in [3.63, 3.8) is 0 Å². The van der Waals surface area contributed by atoms with Gasteiger partial charge in [0, 0.05) is 11.4 Å². The van der Waals surface area contributed by atoms with Gasteiger partial charge in [-0.25, -0.2) is 4.79 Å². The number of carbonyl (C=O) groups excluding carboxylic acids is 1. The summed E-state index contributed by atoms with van der Waals surface area (Å²) in [6.45, 7) is 3.46. The third-order valence-electron chi connectivity index (χ3n) is 3.88. The van der Waals surface area contributed by atoms with Crippen LogP contribution in [0.15, 0.2) is 48.5 Å². The Kier molecular flexibility index (Phi) is 7.60. The molecule has 0 radical (unpaired) electrons. The molecule has 0 amide bonds. The van der Waals surface area contributed by atoms with Crippen molar-refractivity contribution >= 4 is 17.6 Å². The number of aliphatic hydroxyl groups is 2. The second kappa shape index (κ2) is 9.69. The van der Waals surface area contributed by atoms with Gasteiger partial charge in [-0.2, -0.15) is 0 Å². The molecular formula is C20H23ClO5. The van der Waals surface area contributed by atoms with Crippen LogP contribution in [-0.2, 0) is 20.7 Å². The first-order valence-electron chi connectivity index (χ1n) is 8.43. The molecule has 0 saturated heterocycles. The predicted octanol–water partition coefficient (Wildman–Crippen LogP) is 3.20. The highest BCUT2D eigenvalue weighted by molar-refractivity contribution is 6.30. The second-order valence-corrected chi connectivity index (χ2v) is 6.33. The van der Waals surface area contributed by atoms with Crippen molar-refractivity contribution in [3.8, 4) is 11.1 Å². The second-order valence-electron chi connectivity index (χ2n) is 5.89. The van der Waals surface area contributed by atoms with E-state index in [4.69, 9.17) is 21.1 Å². The summed E-state index contributed by atoms with van der Waals surface area (Å²) < 4.78 is 10.3. The van der Waals surface area contributed by atoms with Gasteiger partial charge in [0.1, 0.15) is 6.10 Å². The zero-order valence-electron chi connectivity index (χ0n) is 14.8. The van der Waals surface area contributed by atoms with E-state index in [9.17, 15) is 15.0 Å². The smallest absolute Gasteiger partial charge is 0.334 e. The van der Waals surface area contributed by atoms with Gasteiger partial charge in [0.25, 0.3) is 0 Å². The Morgan fingerprint density at radius 3 is 2.38 bits per heavy atom. The van der Waals surface area contributed by atoms with Crippen LogP contribution in [0, 0.1) is 0 Å². The minimum absolute atomic E-state index is 0.240. The SMILES string of the molecule is CCOC(=O)C(C)OC(Cc1ccc(-c2cccc(Cl)c2)cc1)C(O)O. The molecule has 0 spiro atoms. The highest BCUT2D eigenvalue weighted by Crippen LogP contribution is 2.23. The summed E-state index contributed by atoms with van der Waals surface area (Å²) in [5.74, 6) is -0.533. The summed E-state index contributed by atoms with van der Waals surface area (Å²) in [7, 11) is 0. The third kappa shape index (κ3) is 5.81. The highest BCUT2D eigenvalue weighted by atomic mass is 35.5.